The van der Waals surface area contributed by atoms with E-state index < -0.39 is 0 Å². The molecule has 0 saturated heterocycles. The van der Waals surface area contributed by atoms with Crippen molar-refractivity contribution in [2.75, 3.05) is 0 Å². The smallest absolute Gasteiger partial charge is 0.0645 e. The van der Waals surface area contributed by atoms with Gasteiger partial charge in [-0.15, -0.1) is 0 Å². The molecule has 234 valence electrons. The number of fused-ring (bicyclic) bond motifs is 6. The molecule has 0 aliphatic heterocycles. The van der Waals surface area contributed by atoms with Crippen molar-refractivity contribution in [3.8, 4) is 44.8 Å². The Balaban J connectivity index is 1.24. The first-order valence-electron chi connectivity index (χ1n) is 18.4. The molecule has 2 heterocycles. The molecule has 50 heavy (non-hydrogen) atoms. The molecule has 10 aromatic rings. The minimum atomic E-state index is 0.0434. The van der Waals surface area contributed by atoms with E-state index in [2.05, 4.69) is 124 Å². The standard InChI is InChI=1S/C48H32N2/c1-4-12-33(13-5-1)35-20-25-40(26-21-35)50-47-27-22-36(34-14-6-2-7-15-34)30-43(47)44-32-38(24-29-48(44)50)37-23-28-46-42(31-37)41-18-10-11-19-45(41)49(46)39-16-8-3-9-17-39/h1-32H/i24D,29D,32D. The van der Waals surface area contributed by atoms with E-state index in [-0.39, 0.29) is 18.1 Å². The fourth-order valence-corrected chi connectivity index (χ4v) is 7.45. The Morgan fingerprint density at radius 3 is 1.44 bits per heavy atom. The molecule has 0 fully saturated rings. The Morgan fingerprint density at radius 1 is 0.300 bits per heavy atom. The molecule has 0 N–H and O–H groups in total. The minimum Gasteiger partial charge on any atom is -0.309 e. The monoisotopic (exact) mass is 639 g/mol. The van der Waals surface area contributed by atoms with Crippen molar-refractivity contribution in [3.05, 3.63) is 194 Å². The zero-order valence-electron chi connectivity index (χ0n) is 30.1. The van der Waals surface area contributed by atoms with Gasteiger partial charge in [-0.3, -0.25) is 0 Å². The lowest BCUT2D eigenvalue weighted by atomic mass is 9.99. The van der Waals surface area contributed by atoms with Gasteiger partial charge in [-0.1, -0.05) is 127 Å². The van der Waals surface area contributed by atoms with Gasteiger partial charge < -0.3 is 9.13 Å². The Kier molecular flexibility index (Phi) is 5.84. The number of nitrogens with zero attached hydrogens (tertiary/aromatic N) is 2. The van der Waals surface area contributed by atoms with Crippen molar-refractivity contribution < 1.29 is 4.11 Å². The summed E-state index contributed by atoms with van der Waals surface area (Å²) in [5.74, 6) is 0. The maximum Gasteiger partial charge on any atom is 0.0645 e. The summed E-state index contributed by atoms with van der Waals surface area (Å²) < 4.78 is 33.3. The average molecular weight is 640 g/mol. The Bertz CT molecular complexity index is 3000. The Morgan fingerprint density at radius 2 is 0.760 bits per heavy atom. The van der Waals surface area contributed by atoms with Crippen LogP contribution in [0.2, 0.25) is 0 Å². The molecule has 2 nitrogen and oxygen atoms in total. The molecule has 0 aliphatic rings. The number of para-hydroxylation sites is 2. The van der Waals surface area contributed by atoms with E-state index in [1.165, 1.54) is 0 Å². The van der Waals surface area contributed by atoms with Crippen LogP contribution in [0.3, 0.4) is 0 Å². The first-order valence-corrected chi connectivity index (χ1v) is 16.9. The highest BCUT2D eigenvalue weighted by Crippen LogP contribution is 2.39. The van der Waals surface area contributed by atoms with E-state index in [9.17, 15) is 4.11 Å². The first-order chi connectivity index (χ1) is 26.1. The molecule has 10 rings (SSSR count). The van der Waals surface area contributed by atoms with E-state index in [0.29, 0.717) is 16.5 Å². The van der Waals surface area contributed by atoms with Gasteiger partial charge in [-0.2, -0.15) is 0 Å². The highest BCUT2D eigenvalue weighted by molar-refractivity contribution is 6.13. The third-order valence-corrected chi connectivity index (χ3v) is 9.84. The van der Waals surface area contributed by atoms with Crippen LogP contribution in [0.1, 0.15) is 4.11 Å². The summed E-state index contributed by atoms with van der Waals surface area (Å²) in [6.07, 6.45) is 0. The molecular weight excluding hydrogens is 605 g/mol. The normalized spacial score (nSPS) is 12.4. The first kappa shape index (κ1) is 25.4. The van der Waals surface area contributed by atoms with Gasteiger partial charge >= 0.3 is 0 Å². The summed E-state index contributed by atoms with van der Waals surface area (Å²) >= 11 is 0. The quantitative estimate of drug-likeness (QED) is 0.177. The van der Waals surface area contributed by atoms with E-state index in [1.54, 1.807) is 0 Å². The summed E-state index contributed by atoms with van der Waals surface area (Å²) in [7, 11) is 0. The van der Waals surface area contributed by atoms with Crippen LogP contribution in [0.25, 0.3) is 88.4 Å². The van der Waals surface area contributed by atoms with Crippen LogP contribution >= 0.6 is 0 Å². The average Bonchev–Trinajstić information content (AvgIpc) is 3.74. The van der Waals surface area contributed by atoms with Gasteiger partial charge in [-0.05, 0) is 100 Å². The Hall–Kier alpha value is -6.64. The third-order valence-electron chi connectivity index (χ3n) is 9.84. The molecule has 0 unspecified atom stereocenters. The van der Waals surface area contributed by atoms with Crippen molar-refractivity contribution >= 4 is 43.6 Å². The lowest BCUT2D eigenvalue weighted by molar-refractivity contribution is 1.18. The van der Waals surface area contributed by atoms with Gasteiger partial charge in [0.25, 0.3) is 0 Å². The van der Waals surface area contributed by atoms with Gasteiger partial charge in [0, 0.05) is 32.9 Å². The zero-order valence-corrected chi connectivity index (χ0v) is 27.1. The number of benzene rings is 8. The molecule has 0 spiro atoms. The van der Waals surface area contributed by atoms with Gasteiger partial charge in [-0.25, -0.2) is 0 Å². The van der Waals surface area contributed by atoms with Crippen LogP contribution in [0.15, 0.2) is 194 Å². The summed E-state index contributed by atoms with van der Waals surface area (Å²) in [5, 5.41) is 3.70. The van der Waals surface area contributed by atoms with Crippen molar-refractivity contribution in [2.45, 2.75) is 0 Å². The summed E-state index contributed by atoms with van der Waals surface area (Å²) in [6.45, 7) is 0. The molecule has 0 aliphatic carbocycles. The molecule has 8 aromatic carbocycles. The highest BCUT2D eigenvalue weighted by Gasteiger charge is 2.17. The van der Waals surface area contributed by atoms with Crippen LogP contribution in [0.4, 0.5) is 0 Å². The maximum atomic E-state index is 9.88. The molecule has 0 atom stereocenters. The zero-order chi connectivity index (χ0) is 35.6. The van der Waals surface area contributed by atoms with Crippen molar-refractivity contribution in [3.63, 3.8) is 0 Å². The fourth-order valence-electron chi connectivity index (χ4n) is 7.45. The molecule has 0 saturated carbocycles. The van der Waals surface area contributed by atoms with Crippen molar-refractivity contribution in [1.82, 2.24) is 9.13 Å². The van der Waals surface area contributed by atoms with Crippen LogP contribution in [-0.4, -0.2) is 9.13 Å². The molecule has 0 bridgehead atoms. The highest BCUT2D eigenvalue weighted by atomic mass is 15.0. The van der Waals surface area contributed by atoms with Gasteiger partial charge in [0.15, 0.2) is 0 Å². The molecule has 0 amide bonds. The van der Waals surface area contributed by atoms with E-state index >= 15 is 0 Å². The second-order valence-corrected chi connectivity index (χ2v) is 12.7. The van der Waals surface area contributed by atoms with Crippen LogP contribution in [0, 0.1) is 0 Å². The van der Waals surface area contributed by atoms with E-state index in [1.807, 2.05) is 60.7 Å². The molecule has 2 aromatic heterocycles. The van der Waals surface area contributed by atoms with E-state index in [4.69, 9.17) is 0 Å². The summed E-state index contributed by atoms with van der Waals surface area (Å²) in [4.78, 5) is 0. The summed E-state index contributed by atoms with van der Waals surface area (Å²) in [5.41, 5.74) is 11.1. The van der Waals surface area contributed by atoms with Gasteiger partial charge in [0.05, 0.1) is 26.2 Å². The number of hydrogen-bond donors (Lipinski definition) is 0. The predicted molar refractivity (Wildman–Crippen MR) is 211 cm³/mol. The van der Waals surface area contributed by atoms with Crippen molar-refractivity contribution in [2.24, 2.45) is 0 Å². The third kappa shape index (κ3) is 4.57. The fraction of sp³-hybridized carbons (Fsp3) is 0. The van der Waals surface area contributed by atoms with Gasteiger partial charge in [0.1, 0.15) is 0 Å². The predicted octanol–water partition coefficient (Wildman–Crippen LogP) is 12.9. The second kappa shape index (κ2) is 11.5. The second-order valence-electron chi connectivity index (χ2n) is 12.7. The molecule has 0 radical (unpaired) electrons. The largest absolute Gasteiger partial charge is 0.309 e. The minimum absolute atomic E-state index is 0.0434. The van der Waals surface area contributed by atoms with Crippen LogP contribution in [0.5, 0.6) is 0 Å². The lowest BCUT2D eigenvalue weighted by Gasteiger charge is -2.10. The molecule has 2 heteroatoms. The lowest BCUT2D eigenvalue weighted by Crippen LogP contribution is -1.94. The van der Waals surface area contributed by atoms with Crippen LogP contribution < -0.4 is 0 Å². The van der Waals surface area contributed by atoms with E-state index in [0.717, 1.165) is 71.9 Å². The van der Waals surface area contributed by atoms with Crippen LogP contribution in [-0.2, 0) is 0 Å². The number of aromatic nitrogens is 2. The SMILES string of the molecule is [2H]c1c(-c2ccc3c(c2)c2ccccc2n3-c2ccccc2)c([2H])c2c3cc(-c4ccccc4)ccc3n(-c3ccc(-c4ccccc4)cc3)c2c1[2H]. The maximum absolute atomic E-state index is 9.88. The number of hydrogen-bond acceptors (Lipinski definition) is 0. The molecular formula is C48H32N2. The van der Waals surface area contributed by atoms with Crippen molar-refractivity contribution in [1.29, 1.82) is 0 Å². The topological polar surface area (TPSA) is 9.86 Å². The summed E-state index contributed by atoms with van der Waals surface area (Å²) in [6, 6.07) is 60.5. The Labute approximate surface area is 294 Å². The van der Waals surface area contributed by atoms with Gasteiger partial charge in [0.2, 0.25) is 0 Å². The number of rotatable bonds is 5.